The second kappa shape index (κ2) is 8.22. The third-order valence-electron chi connectivity index (χ3n) is 3.10. The summed E-state index contributed by atoms with van der Waals surface area (Å²) < 4.78 is 5.73. The molecular formula is C18H22N2O. The van der Waals surface area contributed by atoms with E-state index in [9.17, 15) is 0 Å². The molecule has 0 fully saturated rings. The number of ether oxygens (including phenoxy) is 1. The molecular weight excluding hydrogens is 260 g/mol. The molecule has 0 aliphatic heterocycles. The van der Waals surface area contributed by atoms with E-state index in [1.165, 1.54) is 11.1 Å². The second-order valence-electron chi connectivity index (χ2n) is 4.81. The van der Waals surface area contributed by atoms with Crippen molar-refractivity contribution in [3.63, 3.8) is 0 Å². The fourth-order valence-electron chi connectivity index (χ4n) is 2.06. The fourth-order valence-corrected chi connectivity index (χ4v) is 2.06. The van der Waals surface area contributed by atoms with Gasteiger partial charge in [0, 0.05) is 18.3 Å². The summed E-state index contributed by atoms with van der Waals surface area (Å²) in [6, 6.07) is 14.3. The SMILES string of the molecule is CCc1cc(CNC)cc(OC/C=C/c2ccccc2)n1. The van der Waals surface area contributed by atoms with Gasteiger partial charge in [-0.15, -0.1) is 0 Å². The van der Waals surface area contributed by atoms with Crippen LogP contribution in [0.3, 0.4) is 0 Å². The summed E-state index contributed by atoms with van der Waals surface area (Å²) in [6.07, 6.45) is 4.97. The van der Waals surface area contributed by atoms with Gasteiger partial charge in [-0.2, -0.15) is 0 Å². The molecule has 21 heavy (non-hydrogen) atoms. The zero-order valence-corrected chi connectivity index (χ0v) is 12.7. The van der Waals surface area contributed by atoms with Crippen LogP contribution >= 0.6 is 0 Å². The number of nitrogens with one attached hydrogen (secondary N) is 1. The highest BCUT2D eigenvalue weighted by molar-refractivity contribution is 5.48. The number of benzene rings is 1. The lowest BCUT2D eigenvalue weighted by Crippen LogP contribution is -2.07. The Morgan fingerprint density at radius 1 is 1.19 bits per heavy atom. The maximum absolute atomic E-state index is 5.73. The molecule has 110 valence electrons. The molecule has 0 unspecified atom stereocenters. The van der Waals surface area contributed by atoms with Gasteiger partial charge in [-0.25, -0.2) is 4.98 Å². The van der Waals surface area contributed by atoms with Gasteiger partial charge >= 0.3 is 0 Å². The Hall–Kier alpha value is -2.13. The molecule has 0 saturated carbocycles. The highest BCUT2D eigenvalue weighted by Gasteiger charge is 2.02. The molecule has 2 aromatic rings. The molecule has 0 aliphatic rings. The van der Waals surface area contributed by atoms with Gasteiger partial charge in [0.05, 0.1) is 0 Å². The first kappa shape index (κ1) is 15.3. The monoisotopic (exact) mass is 282 g/mol. The van der Waals surface area contributed by atoms with Gasteiger partial charge in [0.2, 0.25) is 5.88 Å². The van der Waals surface area contributed by atoms with Crippen molar-refractivity contribution in [2.75, 3.05) is 13.7 Å². The van der Waals surface area contributed by atoms with Crippen LogP contribution in [0.2, 0.25) is 0 Å². The first-order chi connectivity index (χ1) is 10.3. The molecule has 0 atom stereocenters. The van der Waals surface area contributed by atoms with Crippen LogP contribution in [-0.4, -0.2) is 18.6 Å². The summed E-state index contributed by atoms with van der Waals surface area (Å²) in [6.45, 7) is 3.45. The quantitative estimate of drug-likeness (QED) is 0.844. The Kier molecular flexibility index (Phi) is 5.98. The van der Waals surface area contributed by atoms with Crippen molar-refractivity contribution in [3.8, 4) is 5.88 Å². The third-order valence-corrected chi connectivity index (χ3v) is 3.10. The standard InChI is InChI=1S/C18H22N2O/c1-3-17-12-16(14-19-2)13-18(20-17)21-11-7-10-15-8-5-4-6-9-15/h4-10,12-13,19H,3,11,14H2,1-2H3/b10-7+. The van der Waals surface area contributed by atoms with Crippen molar-refractivity contribution < 1.29 is 4.74 Å². The molecule has 0 bridgehead atoms. The number of rotatable bonds is 7. The zero-order valence-electron chi connectivity index (χ0n) is 12.7. The van der Waals surface area contributed by atoms with E-state index in [4.69, 9.17) is 4.74 Å². The lowest BCUT2D eigenvalue weighted by Gasteiger charge is -2.08. The summed E-state index contributed by atoms with van der Waals surface area (Å²) in [4.78, 5) is 4.49. The van der Waals surface area contributed by atoms with Crippen molar-refractivity contribution in [2.45, 2.75) is 19.9 Å². The van der Waals surface area contributed by atoms with E-state index in [1.54, 1.807) is 0 Å². The second-order valence-corrected chi connectivity index (χ2v) is 4.81. The predicted molar refractivity (Wildman–Crippen MR) is 87.3 cm³/mol. The van der Waals surface area contributed by atoms with Crippen LogP contribution in [0.5, 0.6) is 5.88 Å². The molecule has 0 amide bonds. The average Bonchev–Trinajstić information content (AvgIpc) is 2.53. The molecule has 1 aromatic heterocycles. The molecule has 0 aliphatic carbocycles. The number of aryl methyl sites for hydroxylation is 1. The van der Waals surface area contributed by atoms with Gasteiger partial charge < -0.3 is 10.1 Å². The van der Waals surface area contributed by atoms with E-state index in [1.807, 2.05) is 37.4 Å². The first-order valence-electron chi connectivity index (χ1n) is 7.30. The third kappa shape index (κ3) is 5.04. The summed E-state index contributed by atoms with van der Waals surface area (Å²) in [5.41, 5.74) is 3.43. The molecule has 0 saturated heterocycles. The number of nitrogens with zero attached hydrogens (tertiary/aromatic N) is 1. The van der Waals surface area contributed by atoms with Crippen molar-refractivity contribution >= 4 is 6.08 Å². The molecule has 3 nitrogen and oxygen atoms in total. The summed E-state index contributed by atoms with van der Waals surface area (Å²) in [7, 11) is 1.94. The van der Waals surface area contributed by atoms with Gasteiger partial charge in [-0.1, -0.05) is 43.3 Å². The molecule has 1 heterocycles. The van der Waals surface area contributed by atoms with Gasteiger partial charge in [0.15, 0.2) is 0 Å². The van der Waals surface area contributed by atoms with Gasteiger partial charge in [-0.05, 0) is 36.7 Å². The van der Waals surface area contributed by atoms with Crippen LogP contribution in [-0.2, 0) is 13.0 Å². The van der Waals surface area contributed by atoms with Crippen LogP contribution in [0.25, 0.3) is 6.08 Å². The minimum absolute atomic E-state index is 0.522. The molecule has 1 N–H and O–H groups in total. The predicted octanol–water partition coefficient (Wildman–Crippen LogP) is 3.46. The van der Waals surface area contributed by atoms with Crippen LogP contribution in [0.15, 0.2) is 48.5 Å². The number of pyridine rings is 1. The van der Waals surface area contributed by atoms with Crippen LogP contribution in [0.1, 0.15) is 23.7 Å². The lowest BCUT2D eigenvalue weighted by atomic mass is 10.2. The van der Waals surface area contributed by atoms with E-state index in [0.29, 0.717) is 12.5 Å². The Labute approximate surface area is 126 Å². The minimum Gasteiger partial charge on any atom is -0.473 e. The summed E-state index contributed by atoms with van der Waals surface area (Å²) in [5.74, 6) is 0.692. The van der Waals surface area contributed by atoms with E-state index in [-0.39, 0.29) is 0 Å². The molecule has 2 rings (SSSR count). The van der Waals surface area contributed by atoms with Gasteiger partial charge in [0.25, 0.3) is 0 Å². The van der Waals surface area contributed by atoms with Crippen LogP contribution in [0.4, 0.5) is 0 Å². The van der Waals surface area contributed by atoms with Crippen molar-refractivity contribution in [3.05, 3.63) is 65.4 Å². The van der Waals surface area contributed by atoms with Gasteiger partial charge in [-0.3, -0.25) is 0 Å². The number of aromatic nitrogens is 1. The maximum Gasteiger partial charge on any atom is 0.214 e. The van der Waals surface area contributed by atoms with Gasteiger partial charge in [0.1, 0.15) is 6.61 Å². The average molecular weight is 282 g/mol. The summed E-state index contributed by atoms with van der Waals surface area (Å²) in [5, 5.41) is 3.15. The highest BCUT2D eigenvalue weighted by atomic mass is 16.5. The van der Waals surface area contributed by atoms with Crippen molar-refractivity contribution in [1.29, 1.82) is 0 Å². The van der Waals surface area contributed by atoms with E-state index in [0.717, 1.165) is 18.7 Å². The Morgan fingerprint density at radius 2 is 2.00 bits per heavy atom. The smallest absolute Gasteiger partial charge is 0.214 e. The maximum atomic E-state index is 5.73. The minimum atomic E-state index is 0.522. The Balaban J connectivity index is 1.96. The molecule has 0 spiro atoms. The Bertz CT molecular complexity index is 579. The Morgan fingerprint density at radius 3 is 2.71 bits per heavy atom. The first-order valence-corrected chi connectivity index (χ1v) is 7.30. The van der Waals surface area contributed by atoms with E-state index >= 15 is 0 Å². The fraction of sp³-hybridized carbons (Fsp3) is 0.278. The topological polar surface area (TPSA) is 34.1 Å². The summed E-state index contributed by atoms with van der Waals surface area (Å²) >= 11 is 0. The van der Waals surface area contributed by atoms with Crippen molar-refractivity contribution in [1.82, 2.24) is 10.3 Å². The normalized spacial score (nSPS) is 11.0. The molecule has 3 heteroatoms. The number of hydrogen-bond donors (Lipinski definition) is 1. The largest absolute Gasteiger partial charge is 0.473 e. The van der Waals surface area contributed by atoms with E-state index < -0.39 is 0 Å². The van der Waals surface area contributed by atoms with Crippen molar-refractivity contribution in [2.24, 2.45) is 0 Å². The molecule has 1 aromatic carbocycles. The number of hydrogen-bond acceptors (Lipinski definition) is 3. The molecule has 0 radical (unpaired) electrons. The highest BCUT2D eigenvalue weighted by Crippen LogP contribution is 2.13. The van der Waals surface area contributed by atoms with Crippen LogP contribution in [0, 0.1) is 0 Å². The van der Waals surface area contributed by atoms with E-state index in [2.05, 4.69) is 41.5 Å². The lowest BCUT2D eigenvalue weighted by molar-refractivity contribution is 0.347. The zero-order chi connectivity index (χ0) is 14.9. The van der Waals surface area contributed by atoms with Crippen LogP contribution < -0.4 is 10.1 Å².